The number of ketones is 2. The summed E-state index contributed by atoms with van der Waals surface area (Å²) in [6.45, 7) is 19.0. The van der Waals surface area contributed by atoms with Crippen LogP contribution in [0, 0.1) is 13.8 Å². The van der Waals surface area contributed by atoms with Crippen molar-refractivity contribution in [3.63, 3.8) is 0 Å². The van der Waals surface area contributed by atoms with E-state index in [0.29, 0.717) is 85.9 Å². The number of cyclic esters (lactones) is 2. The molecule has 64 heavy (non-hydrogen) atoms. The smallest absolute Gasteiger partial charge is 0.342 e. The Kier molecular flexibility index (Phi) is 20.3. The molecule has 2 aliphatic rings. The van der Waals surface area contributed by atoms with Gasteiger partial charge in [-0.05, 0) is 96.7 Å². The Labute approximate surface area is 380 Å². The van der Waals surface area contributed by atoms with E-state index in [2.05, 4.69) is 25.7 Å². The Balaban J connectivity index is 0.000000346. The Morgan fingerprint density at radius 3 is 1.62 bits per heavy atom. The van der Waals surface area contributed by atoms with Crippen LogP contribution >= 0.6 is 14.7 Å². The van der Waals surface area contributed by atoms with Crippen molar-refractivity contribution in [2.45, 2.75) is 131 Å². The highest BCUT2D eigenvalue weighted by Crippen LogP contribution is 2.44. The number of phenolic OH excluding ortho intramolecular Hbond substituents is 1. The predicted molar refractivity (Wildman–Crippen MR) is 252 cm³/mol. The first-order chi connectivity index (χ1) is 29.8. The second kappa shape index (κ2) is 24.0. The molecule has 17 heteroatoms. The van der Waals surface area contributed by atoms with Gasteiger partial charge < -0.3 is 43.1 Å². The van der Waals surface area contributed by atoms with Crippen molar-refractivity contribution in [1.29, 1.82) is 0 Å². The van der Waals surface area contributed by atoms with Gasteiger partial charge in [0.1, 0.15) is 58.9 Å². The summed E-state index contributed by atoms with van der Waals surface area (Å²) in [4.78, 5) is 66.3. The fraction of sp³-hybridized carbons (Fsp3) is 0.574. The van der Waals surface area contributed by atoms with Gasteiger partial charge in [-0.25, -0.2) is 9.59 Å². The highest BCUT2D eigenvalue weighted by atomic mass is 31.2. The SMILES string of the molecule is COc1c(C)c2c(c(O)c1C/C=C(\C)CCC(=O)CCCP(=O)(O)O)C(=O)OC2.COc1c(C)c2c(c(OCC[Si](C)(C)C)c1C/C=C(\C)CCC(=O)CCCP(C)(C)=O)C(=O)OC2. The molecule has 4 rings (SSSR count). The number of aromatic hydroxyl groups is 1. The van der Waals surface area contributed by atoms with E-state index in [-0.39, 0.29) is 67.5 Å². The van der Waals surface area contributed by atoms with E-state index in [4.69, 9.17) is 33.5 Å². The first-order valence-corrected chi connectivity index (χ1v) is 30.1. The molecule has 2 heterocycles. The van der Waals surface area contributed by atoms with Crippen molar-refractivity contribution >= 4 is 46.3 Å². The summed E-state index contributed by atoms with van der Waals surface area (Å²) >= 11 is 0. The van der Waals surface area contributed by atoms with Crippen molar-refractivity contribution in [3.8, 4) is 23.0 Å². The number of hydrogen-bond acceptors (Lipinski definition) is 12. The summed E-state index contributed by atoms with van der Waals surface area (Å²) in [5, 5.41) is 10.6. The zero-order chi connectivity index (χ0) is 48.2. The van der Waals surface area contributed by atoms with Crippen molar-refractivity contribution in [3.05, 3.63) is 67.8 Å². The summed E-state index contributed by atoms with van der Waals surface area (Å²) < 4.78 is 50.5. The van der Waals surface area contributed by atoms with Crippen LogP contribution in [0.5, 0.6) is 23.0 Å². The molecule has 0 aliphatic carbocycles. The molecular weight excluding hydrogens is 879 g/mol. The summed E-state index contributed by atoms with van der Waals surface area (Å²) in [7, 11) is -4.30. The standard InChI is InChI=1S/C27H43O6PSi.C20H27O8P/c1-19(11-13-21(28)10-9-16-34(4,5)30)12-14-22-25(31-3)20(2)23-18-33-27(29)24(23)26(22)32-15-17-35(6,7)8;1-12(6-8-14(21)5-4-10-29(24,25)26)7-9-15-18(22)17-16(11-28-20(17)23)13(2)19(15)27-3/h12H,9-11,13-18H2,1-8H3;7,22H,4-6,8-11H2,1-3H3,(H2,24,25,26)/b19-12+;12-7+. The molecule has 3 N–H and O–H groups in total. The van der Waals surface area contributed by atoms with Crippen LogP contribution in [0.2, 0.25) is 25.7 Å². The second-order valence-electron chi connectivity index (χ2n) is 18.4. The lowest BCUT2D eigenvalue weighted by Crippen LogP contribution is -2.23. The Morgan fingerprint density at radius 1 is 0.703 bits per heavy atom. The fourth-order valence-electron chi connectivity index (χ4n) is 7.48. The number of benzene rings is 2. The van der Waals surface area contributed by atoms with E-state index in [9.17, 15) is 33.4 Å². The van der Waals surface area contributed by atoms with Gasteiger partial charge in [-0.2, -0.15) is 0 Å². The minimum atomic E-state index is -4.06. The van der Waals surface area contributed by atoms with Crippen molar-refractivity contribution in [2.24, 2.45) is 0 Å². The van der Waals surface area contributed by atoms with Crippen LogP contribution in [-0.2, 0) is 54.2 Å². The molecule has 0 radical (unpaired) electrons. The van der Waals surface area contributed by atoms with E-state index in [1.165, 1.54) is 7.11 Å². The number of esters is 2. The number of Topliss-reactive ketones (excluding diaryl/α,β-unsaturated/α-hetero) is 2. The topological polar surface area (TPSA) is 209 Å². The van der Waals surface area contributed by atoms with Gasteiger partial charge in [0, 0.05) is 62.2 Å². The summed E-state index contributed by atoms with van der Waals surface area (Å²) in [6, 6.07) is 0.981. The molecule has 0 atom stereocenters. The van der Waals surface area contributed by atoms with Gasteiger partial charge in [-0.3, -0.25) is 14.2 Å². The fourth-order valence-corrected chi connectivity index (χ4v) is 9.68. The molecule has 2 aromatic carbocycles. The molecular formula is C47H70O14P2Si. The summed E-state index contributed by atoms with van der Waals surface area (Å²) in [6.07, 6.45) is 8.58. The van der Waals surface area contributed by atoms with E-state index >= 15 is 0 Å². The molecule has 2 aromatic rings. The van der Waals surface area contributed by atoms with E-state index in [1.807, 2.05) is 33.8 Å². The highest BCUT2D eigenvalue weighted by Gasteiger charge is 2.34. The molecule has 0 bridgehead atoms. The number of rotatable bonds is 24. The minimum Gasteiger partial charge on any atom is -0.507 e. The molecule has 2 aliphatic heterocycles. The highest BCUT2D eigenvalue weighted by molar-refractivity contribution is 7.62. The minimum absolute atomic E-state index is 0.0530. The summed E-state index contributed by atoms with van der Waals surface area (Å²) in [5.74, 6) is 0.939. The zero-order valence-electron chi connectivity index (χ0n) is 39.7. The monoisotopic (exact) mass is 948 g/mol. The number of phenols is 1. The molecule has 0 unspecified atom stereocenters. The van der Waals surface area contributed by atoms with Gasteiger partial charge in [0.25, 0.3) is 0 Å². The third-order valence-corrected chi connectivity index (χ3v) is 15.3. The Hall–Kier alpha value is -4.00. The Bertz CT molecular complexity index is 2210. The van der Waals surface area contributed by atoms with E-state index in [1.54, 1.807) is 20.4 Å². The first-order valence-electron chi connectivity index (χ1n) is 21.8. The molecule has 0 saturated heterocycles. The number of ether oxygens (including phenoxy) is 5. The largest absolute Gasteiger partial charge is 0.507 e. The number of methoxy groups -OCH3 is 2. The third-order valence-electron chi connectivity index (χ3n) is 11.3. The molecule has 0 aromatic heterocycles. The van der Waals surface area contributed by atoms with Gasteiger partial charge >= 0.3 is 19.5 Å². The molecule has 0 saturated carbocycles. The lowest BCUT2D eigenvalue weighted by Gasteiger charge is -2.21. The van der Waals surface area contributed by atoms with Crippen LogP contribution in [0.25, 0.3) is 0 Å². The van der Waals surface area contributed by atoms with E-state index < -0.39 is 28.8 Å². The van der Waals surface area contributed by atoms with Gasteiger partial charge in [0.2, 0.25) is 0 Å². The molecule has 0 amide bonds. The first kappa shape index (κ1) is 54.3. The molecule has 356 valence electrons. The number of allylic oxidation sites excluding steroid dienone is 4. The quantitative estimate of drug-likeness (QED) is 0.0387. The van der Waals surface area contributed by atoms with Crippen LogP contribution < -0.4 is 14.2 Å². The number of carbonyl (C=O) groups excluding carboxylic acids is 4. The average molecular weight is 949 g/mol. The van der Waals surface area contributed by atoms with Crippen LogP contribution in [0.1, 0.15) is 119 Å². The molecule has 14 nitrogen and oxygen atoms in total. The number of fused-ring (bicyclic) bond motifs is 2. The molecule has 0 fully saturated rings. The molecule has 0 spiro atoms. The number of carbonyl (C=O) groups is 4. The average Bonchev–Trinajstić information content (AvgIpc) is 3.78. The van der Waals surface area contributed by atoms with Crippen molar-refractivity contribution in [2.75, 3.05) is 46.5 Å². The second-order valence-corrected chi connectivity index (χ2v) is 29.4. The van der Waals surface area contributed by atoms with Crippen LogP contribution in [0.3, 0.4) is 0 Å². The van der Waals surface area contributed by atoms with Gasteiger partial charge in [0.15, 0.2) is 0 Å². The predicted octanol–water partition coefficient (Wildman–Crippen LogP) is 9.81. The maximum absolute atomic E-state index is 12.6. The van der Waals surface area contributed by atoms with Crippen molar-refractivity contribution in [1.82, 2.24) is 0 Å². The lowest BCUT2D eigenvalue weighted by molar-refractivity contribution is -0.119. The number of hydrogen-bond donors (Lipinski definition) is 3. The van der Waals surface area contributed by atoms with Crippen LogP contribution in [0.4, 0.5) is 0 Å². The lowest BCUT2D eigenvalue weighted by atomic mass is 9.94. The van der Waals surface area contributed by atoms with Gasteiger partial charge in [0.05, 0.1) is 34.1 Å². The van der Waals surface area contributed by atoms with E-state index in [0.717, 1.165) is 45.2 Å². The van der Waals surface area contributed by atoms with Gasteiger partial charge in [-0.1, -0.05) is 42.9 Å². The normalized spacial score (nSPS) is 14.0. The van der Waals surface area contributed by atoms with Gasteiger partial charge in [-0.15, -0.1) is 0 Å². The Morgan fingerprint density at radius 2 is 1.16 bits per heavy atom. The van der Waals surface area contributed by atoms with Crippen molar-refractivity contribution < 1.29 is 66.9 Å². The zero-order valence-corrected chi connectivity index (χ0v) is 42.5. The third kappa shape index (κ3) is 16.5. The summed E-state index contributed by atoms with van der Waals surface area (Å²) in [5.41, 5.74) is 7.23. The van der Waals surface area contributed by atoms with Crippen LogP contribution in [-0.4, -0.2) is 93.0 Å². The maximum Gasteiger partial charge on any atom is 0.342 e. The van der Waals surface area contributed by atoms with Crippen LogP contribution in [0.15, 0.2) is 23.3 Å². The maximum atomic E-state index is 12.6.